The summed E-state index contributed by atoms with van der Waals surface area (Å²) in [7, 11) is 0. The van der Waals surface area contributed by atoms with E-state index in [0.29, 0.717) is 11.6 Å². The summed E-state index contributed by atoms with van der Waals surface area (Å²) in [5.41, 5.74) is 2.45. The maximum atomic E-state index is 12.8. The second kappa shape index (κ2) is 7.28. The number of aliphatic hydroxyl groups is 1. The van der Waals surface area contributed by atoms with Crippen LogP contribution in [0.3, 0.4) is 0 Å². The Morgan fingerprint density at radius 1 is 1.43 bits per heavy atom. The van der Waals surface area contributed by atoms with Crippen molar-refractivity contribution in [1.29, 1.82) is 0 Å². The zero-order chi connectivity index (χ0) is 15.2. The molecule has 0 heterocycles. The van der Waals surface area contributed by atoms with Crippen molar-refractivity contribution in [2.75, 3.05) is 13.2 Å². The van der Waals surface area contributed by atoms with Crippen LogP contribution in [0.4, 0.5) is 0 Å². The lowest BCUT2D eigenvalue weighted by Gasteiger charge is -2.23. The first-order valence-corrected chi connectivity index (χ1v) is 7.68. The molecule has 0 atom stereocenters. The van der Waals surface area contributed by atoms with Crippen molar-refractivity contribution < 1.29 is 9.90 Å². The Balaban J connectivity index is 2.28. The second-order valence-electron chi connectivity index (χ2n) is 5.59. The number of benzene rings is 1. The number of hydrogen-bond donors (Lipinski definition) is 1. The number of hydrogen-bond acceptors (Lipinski definition) is 2. The predicted molar refractivity (Wildman–Crippen MR) is 84.1 cm³/mol. The van der Waals surface area contributed by atoms with Crippen LogP contribution in [-0.2, 0) is 0 Å². The van der Waals surface area contributed by atoms with Crippen LogP contribution in [0.25, 0.3) is 0 Å². The van der Waals surface area contributed by atoms with E-state index in [4.69, 9.17) is 5.11 Å². The molecule has 0 aromatic heterocycles. The van der Waals surface area contributed by atoms with Crippen LogP contribution >= 0.6 is 0 Å². The van der Waals surface area contributed by atoms with Gasteiger partial charge < -0.3 is 10.0 Å². The predicted octanol–water partition coefficient (Wildman–Crippen LogP) is 2.74. The molecule has 1 fully saturated rings. The van der Waals surface area contributed by atoms with Gasteiger partial charge in [0.15, 0.2) is 0 Å². The quantitative estimate of drug-likeness (QED) is 0.845. The number of carbonyl (C=O) groups is 1. The first-order chi connectivity index (χ1) is 10.2. The van der Waals surface area contributed by atoms with Gasteiger partial charge in [-0.2, -0.15) is 0 Å². The van der Waals surface area contributed by atoms with Crippen LogP contribution in [0.2, 0.25) is 0 Å². The third-order valence-corrected chi connectivity index (χ3v) is 3.71. The Kier molecular flexibility index (Phi) is 5.41. The van der Waals surface area contributed by atoms with Gasteiger partial charge in [-0.15, -0.1) is 0 Å². The summed E-state index contributed by atoms with van der Waals surface area (Å²) in [5, 5.41) is 8.88. The van der Waals surface area contributed by atoms with Gasteiger partial charge in [-0.1, -0.05) is 31.3 Å². The molecule has 2 rings (SSSR count). The Hall–Kier alpha value is -1.79. The van der Waals surface area contributed by atoms with E-state index in [1.807, 2.05) is 30.0 Å². The van der Waals surface area contributed by atoms with E-state index in [2.05, 4.69) is 18.8 Å². The van der Waals surface area contributed by atoms with Crippen LogP contribution in [0.15, 0.2) is 18.2 Å². The largest absolute Gasteiger partial charge is 0.384 e. The molecule has 21 heavy (non-hydrogen) atoms. The topological polar surface area (TPSA) is 40.5 Å². The van der Waals surface area contributed by atoms with Crippen molar-refractivity contribution in [3.05, 3.63) is 34.9 Å². The molecular formula is C18H23NO2. The van der Waals surface area contributed by atoms with Crippen molar-refractivity contribution >= 4 is 5.91 Å². The van der Waals surface area contributed by atoms with E-state index >= 15 is 0 Å². The minimum absolute atomic E-state index is 0.0770. The Bertz CT molecular complexity index is 564. The van der Waals surface area contributed by atoms with Crippen molar-refractivity contribution in [3.63, 3.8) is 0 Å². The Labute approximate surface area is 127 Å². The SMILES string of the molecule is CCCCN(C(=O)c1ccc(C)cc1C#CCO)C1CC1. The van der Waals surface area contributed by atoms with Crippen molar-refractivity contribution in [2.24, 2.45) is 0 Å². The van der Waals surface area contributed by atoms with Gasteiger partial charge >= 0.3 is 0 Å². The molecule has 1 aliphatic rings. The molecule has 1 aromatic rings. The fraction of sp³-hybridized carbons (Fsp3) is 0.500. The highest BCUT2D eigenvalue weighted by Crippen LogP contribution is 2.29. The maximum Gasteiger partial charge on any atom is 0.255 e. The first-order valence-electron chi connectivity index (χ1n) is 7.68. The third-order valence-electron chi connectivity index (χ3n) is 3.71. The summed E-state index contributed by atoms with van der Waals surface area (Å²) in [6.45, 7) is 4.75. The molecule has 0 spiro atoms. The fourth-order valence-corrected chi connectivity index (χ4v) is 2.40. The molecular weight excluding hydrogens is 262 g/mol. The molecule has 1 aromatic carbocycles. The molecule has 0 aliphatic heterocycles. The van der Waals surface area contributed by atoms with Crippen molar-refractivity contribution in [2.45, 2.75) is 45.6 Å². The van der Waals surface area contributed by atoms with Crippen molar-refractivity contribution in [3.8, 4) is 11.8 Å². The highest BCUT2D eigenvalue weighted by molar-refractivity contribution is 5.97. The van der Waals surface area contributed by atoms with E-state index in [9.17, 15) is 4.79 Å². The summed E-state index contributed by atoms with van der Waals surface area (Å²) >= 11 is 0. The lowest BCUT2D eigenvalue weighted by atomic mass is 10.0. The molecule has 0 radical (unpaired) electrons. The van der Waals surface area contributed by atoms with Gasteiger partial charge in [-0.05, 0) is 43.9 Å². The lowest BCUT2D eigenvalue weighted by molar-refractivity contribution is 0.0740. The van der Waals surface area contributed by atoms with Crippen LogP contribution in [-0.4, -0.2) is 35.1 Å². The molecule has 3 heteroatoms. The number of aliphatic hydroxyl groups excluding tert-OH is 1. The summed E-state index contributed by atoms with van der Waals surface area (Å²) in [6, 6.07) is 6.13. The minimum Gasteiger partial charge on any atom is -0.384 e. The smallest absolute Gasteiger partial charge is 0.255 e. The standard InChI is InChI=1S/C18H23NO2/c1-3-4-11-19(16-8-9-16)18(21)17-10-7-14(2)13-15(17)6-5-12-20/h7,10,13,16,20H,3-4,8-9,11-12H2,1-2H3. The van der Waals surface area contributed by atoms with Crippen LogP contribution in [0, 0.1) is 18.8 Å². The zero-order valence-electron chi connectivity index (χ0n) is 12.9. The fourth-order valence-electron chi connectivity index (χ4n) is 2.40. The average molecular weight is 285 g/mol. The van der Waals surface area contributed by atoms with Gasteiger partial charge in [0.25, 0.3) is 5.91 Å². The van der Waals surface area contributed by atoms with Crippen molar-refractivity contribution in [1.82, 2.24) is 4.90 Å². The van der Waals surface area contributed by atoms with Gasteiger partial charge in [0.2, 0.25) is 0 Å². The van der Waals surface area contributed by atoms with Gasteiger partial charge in [-0.3, -0.25) is 4.79 Å². The highest BCUT2D eigenvalue weighted by Gasteiger charge is 2.33. The minimum atomic E-state index is -0.191. The lowest BCUT2D eigenvalue weighted by Crippen LogP contribution is -2.34. The Morgan fingerprint density at radius 3 is 2.81 bits per heavy atom. The third kappa shape index (κ3) is 4.09. The summed E-state index contributed by atoms with van der Waals surface area (Å²) in [5.74, 6) is 5.63. The molecule has 1 aliphatic carbocycles. The zero-order valence-corrected chi connectivity index (χ0v) is 12.9. The second-order valence-corrected chi connectivity index (χ2v) is 5.59. The number of rotatable bonds is 5. The highest BCUT2D eigenvalue weighted by atomic mass is 16.2. The molecule has 1 saturated carbocycles. The number of nitrogens with zero attached hydrogens (tertiary/aromatic N) is 1. The van der Waals surface area contributed by atoms with E-state index in [1.54, 1.807) is 0 Å². The maximum absolute atomic E-state index is 12.8. The van der Waals surface area contributed by atoms with Crippen LogP contribution < -0.4 is 0 Å². The van der Waals surface area contributed by atoms with E-state index in [-0.39, 0.29) is 12.5 Å². The van der Waals surface area contributed by atoms with Gasteiger partial charge in [0, 0.05) is 18.2 Å². The van der Waals surface area contributed by atoms with Gasteiger partial charge in [0.05, 0.1) is 5.56 Å². The molecule has 0 saturated heterocycles. The summed E-state index contributed by atoms with van der Waals surface area (Å²) < 4.78 is 0. The first kappa shape index (κ1) is 15.6. The molecule has 3 nitrogen and oxygen atoms in total. The number of aryl methyl sites for hydroxylation is 1. The normalized spacial score (nSPS) is 13.5. The van der Waals surface area contributed by atoms with Gasteiger partial charge in [-0.25, -0.2) is 0 Å². The van der Waals surface area contributed by atoms with E-state index < -0.39 is 0 Å². The van der Waals surface area contributed by atoms with Crippen LogP contribution in [0.1, 0.15) is 54.1 Å². The summed E-state index contributed by atoms with van der Waals surface area (Å²) in [6.07, 6.45) is 4.34. The molecule has 1 amide bonds. The Morgan fingerprint density at radius 2 is 2.19 bits per heavy atom. The molecule has 0 bridgehead atoms. The number of unbranched alkanes of at least 4 members (excludes halogenated alkanes) is 1. The molecule has 112 valence electrons. The number of amides is 1. The van der Waals surface area contributed by atoms with E-state index in [0.717, 1.165) is 43.4 Å². The molecule has 1 N–H and O–H groups in total. The van der Waals surface area contributed by atoms with Crippen LogP contribution in [0.5, 0.6) is 0 Å². The average Bonchev–Trinajstić information content (AvgIpc) is 3.30. The van der Waals surface area contributed by atoms with Gasteiger partial charge in [0.1, 0.15) is 6.61 Å². The van der Waals surface area contributed by atoms with E-state index in [1.165, 1.54) is 0 Å². The summed E-state index contributed by atoms with van der Waals surface area (Å²) in [4.78, 5) is 14.8. The monoisotopic (exact) mass is 285 g/mol. The molecule has 0 unspecified atom stereocenters. The number of carbonyl (C=O) groups excluding carboxylic acids is 1.